The lowest BCUT2D eigenvalue weighted by Gasteiger charge is -2.14. The van der Waals surface area contributed by atoms with Crippen LogP contribution in [0.2, 0.25) is 0 Å². The minimum atomic E-state index is -0.561. The molecule has 130 valence electrons. The highest BCUT2D eigenvalue weighted by molar-refractivity contribution is 6.10. The minimum Gasteiger partial charge on any atom is -0.477 e. The van der Waals surface area contributed by atoms with Crippen molar-refractivity contribution in [1.29, 1.82) is 0 Å². The summed E-state index contributed by atoms with van der Waals surface area (Å²) < 4.78 is 5.67. The molecular weight excluding hydrogens is 316 g/mol. The first-order valence-corrected chi connectivity index (χ1v) is 8.17. The number of aldehydes is 1. The molecule has 1 atom stereocenters. The van der Waals surface area contributed by atoms with E-state index < -0.39 is 6.04 Å². The van der Waals surface area contributed by atoms with Crippen LogP contribution in [0.25, 0.3) is 0 Å². The van der Waals surface area contributed by atoms with E-state index in [9.17, 15) is 9.59 Å². The molecule has 0 saturated heterocycles. The Balaban J connectivity index is 2.45. The second-order valence-electron chi connectivity index (χ2n) is 5.54. The number of carbonyl (C=O) groups excluding carboxylic acids is 2. The number of ether oxygens (including phenoxy) is 1. The quantitative estimate of drug-likeness (QED) is 0.665. The van der Waals surface area contributed by atoms with Gasteiger partial charge in [-0.05, 0) is 31.9 Å². The minimum absolute atomic E-state index is 0.303. The zero-order chi connectivity index (χ0) is 18.1. The number of allylic oxidation sites excluding steroid dienone is 2. The summed E-state index contributed by atoms with van der Waals surface area (Å²) in [5, 5.41) is 2.76. The van der Waals surface area contributed by atoms with Gasteiger partial charge in [-0.15, -0.1) is 0 Å². The predicted molar refractivity (Wildman–Crippen MR) is 98.6 cm³/mol. The molecule has 1 amide bonds. The maximum atomic E-state index is 12.6. The molecule has 2 rings (SSSR count). The van der Waals surface area contributed by atoms with Gasteiger partial charge in [-0.2, -0.15) is 0 Å². The molecular formula is C20H22N2O3. The topological polar surface area (TPSA) is 67.8 Å². The zero-order valence-corrected chi connectivity index (χ0v) is 14.3. The lowest BCUT2D eigenvalue weighted by Crippen LogP contribution is -2.36. The van der Waals surface area contributed by atoms with E-state index in [1.54, 1.807) is 24.3 Å². The van der Waals surface area contributed by atoms with Crippen molar-refractivity contribution in [1.82, 2.24) is 5.32 Å². The summed E-state index contributed by atoms with van der Waals surface area (Å²) in [4.78, 5) is 28.3. The van der Waals surface area contributed by atoms with Crippen molar-refractivity contribution in [3.8, 4) is 0 Å². The fraction of sp³-hybridized carbons (Fsp3) is 0.250. The Morgan fingerprint density at radius 1 is 1.28 bits per heavy atom. The Kier molecular flexibility index (Phi) is 6.89. The monoisotopic (exact) mass is 338 g/mol. The standard InChI is InChI=1S/C20H22N2O3/c1-3-9-19-21-15(2)17-11-6-7-12-18(17)20(24)22-16(14-23)10-5-4-8-13-25-19/h3-7,9,11-12,14,16H,1,8,10,13H2,2H3,(H,22,24)/b5-4-,19-9+,21-15+/t16-/m0/s1. The number of hydrogen-bond acceptors (Lipinski definition) is 4. The van der Waals surface area contributed by atoms with Crippen molar-refractivity contribution < 1.29 is 14.3 Å². The molecule has 0 unspecified atom stereocenters. The highest BCUT2D eigenvalue weighted by Gasteiger charge is 2.16. The molecule has 0 fully saturated rings. The lowest BCUT2D eigenvalue weighted by atomic mass is 10.0. The maximum absolute atomic E-state index is 12.6. The Labute approximate surface area is 147 Å². The number of rotatable bonds is 2. The van der Waals surface area contributed by atoms with Crippen LogP contribution in [-0.4, -0.2) is 30.6 Å². The Morgan fingerprint density at radius 2 is 2.04 bits per heavy atom. The first kappa shape index (κ1) is 18.4. The Bertz CT molecular complexity index is 732. The molecule has 5 heteroatoms. The summed E-state index contributed by atoms with van der Waals surface area (Å²) in [5.74, 6) is 0.141. The first-order valence-electron chi connectivity index (χ1n) is 8.17. The van der Waals surface area contributed by atoms with Gasteiger partial charge in [0.15, 0.2) is 0 Å². The Morgan fingerprint density at radius 3 is 2.76 bits per heavy atom. The van der Waals surface area contributed by atoms with Gasteiger partial charge in [0, 0.05) is 16.8 Å². The summed E-state index contributed by atoms with van der Waals surface area (Å²) in [6.45, 7) is 5.95. The van der Waals surface area contributed by atoms with Gasteiger partial charge in [0.2, 0.25) is 5.88 Å². The first-order chi connectivity index (χ1) is 12.2. The van der Waals surface area contributed by atoms with Crippen LogP contribution in [0.15, 0.2) is 66.0 Å². The van der Waals surface area contributed by atoms with Crippen LogP contribution in [-0.2, 0) is 9.53 Å². The molecule has 0 spiro atoms. The second-order valence-corrected chi connectivity index (χ2v) is 5.54. The van der Waals surface area contributed by atoms with Gasteiger partial charge < -0.3 is 14.8 Å². The fourth-order valence-corrected chi connectivity index (χ4v) is 2.43. The largest absolute Gasteiger partial charge is 0.477 e. The molecule has 1 aromatic rings. The summed E-state index contributed by atoms with van der Waals surface area (Å²) in [5.41, 5.74) is 1.81. The fourth-order valence-electron chi connectivity index (χ4n) is 2.43. The second kappa shape index (κ2) is 9.37. The molecule has 1 aromatic carbocycles. The van der Waals surface area contributed by atoms with Gasteiger partial charge in [0.1, 0.15) is 6.29 Å². The lowest BCUT2D eigenvalue weighted by molar-refractivity contribution is -0.109. The van der Waals surface area contributed by atoms with Crippen molar-refractivity contribution in [2.75, 3.05) is 6.61 Å². The summed E-state index contributed by atoms with van der Waals surface area (Å²) >= 11 is 0. The number of nitrogens with zero attached hydrogens (tertiary/aromatic N) is 1. The van der Waals surface area contributed by atoms with E-state index in [-0.39, 0.29) is 5.91 Å². The molecule has 1 aliphatic rings. The summed E-state index contributed by atoms with van der Waals surface area (Å²) in [6.07, 6.45) is 8.96. The normalized spacial score (nSPS) is 23.9. The van der Waals surface area contributed by atoms with Crippen LogP contribution >= 0.6 is 0 Å². The van der Waals surface area contributed by atoms with E-state index in [0.717, 1.165) is 6.29 Å². The molecule has 0 aliphatic carbocycles. The highest BCUT2D eigenvalue weighted by atomic mass is 16.5. The third-order valence-electron chi connectivity index (χ3n) is 3.67. The SMILES string of the molecule is C=C/C=C1\N=C(/C)c2ccccc2C(=O)N[C@H](C=O)C/C=C\CCO1. The number of fused-ring (bicyclic) bond motifs is 1. The van der Waals surface area contributed by atoms with Crippen LogP contribution in [0.4, 0.5) is 0 Å². The Hall–Kier alpha value is -2.95. The van der Waals surface area contributed by atoms with Gasteiger partial charge in [-0.25, -0.2) is 4.99 Å². The zero-order valence-electron chi connectivity index (χ0n) is 14.3. The van der Waals surface area contributed by atoms with Crippen molar-refractivity contribution in [3.63, 3.8) is 0 Å². The number of nitrogens with one attached hydrogen (secondary N) is 1. The van der Waals surface area contributed by atoms with Crippen molar-refractivity contribution in [2.45, 2.75) is 25.8 Å². The van der Waals surface area contributed by atoms with Crippen molar-refractivity contribution in [2.24, 2.45) is 4.99 Å². The van der Waals surface area contributed by atoms with Gasteiger partial charge in [0.25, 0.3) is 5.91 Å². The van der Waals surface area contributed by atoms with Gasteiger partial charge >= 0.3 is 0 Å². The summed E-state index contributed by atoms with van der Waals surface area (Å²) in [6, 6.07) is 6.59. The maximum Gasteiger partial charge on any atom is 0.252 e. The molecule has 0 radical (unpaired) electrons. The number of amides is 1. The van der Waals surface area contributed by atoms with E-state index in [4.69, 9.17) is 4.74 Å². The smallest absolute Gasteiger partial charge is 0.252 e. The van der Waals surface area contributed by atoms with Gasteiger partial charge in [0.05, 0.1) is 12.6 Å². The average Bonchev–Trinajstić information content (AvgIpc) is 2.62. The van der Waals surface area contributed by atoms with Crippen LogP contribution in [0.5, 0.6) is 0 Å². The van der Waals surface area contributed by atoms with E-state index in [2.05, 4.69) is 16.9 Å². The van der Waals surface area contributed by atoms with Crippen LogP contribution in [0.3, 0.4) is 0 Å². The number of carbonyl (C=O) groups is 2. The third-order valence-corrected chi connectivity index (χ3v) is 3.67. The average molecular weight is 338 g/mol. The van der Waals surface area contributed by atoms with Crippen LogP contribution < -0.4 is 5.32 Å². The number of hydrogen-bond donors (Lipinski definition) is 1. The van der Waals surface area contributed by atoms with Crippen molar-refractivity contribution >= 4 is 17.9 Å². The molecule has 1 N–H and O–H groups in total. The highest BCUT2D eigenvalue weighted by Crippen LogP contribution is 2.14. The van der Waals surface area contributed by atoms with Crippen molar-refractivity contribution in [3.05, 3.63) is 72.2 Å². The molecule has 1 aliphatic heterocycles. The van der Waals surface area contributed by atoms with E-state index >= 15 is 0 Å². The third kappa shape index (κ3) is 5.28. The molecule has 0 saturated carbocycles. The molecule has 0 bridgehead atoms. The van der Waals surface area contributed by atoms with E-state index in [1.165, 1.54) is 0 Å². The molecule has 5 nitrogen and oxygen atoms in total. The number of benzene rings is 1. The molecule has 0 aromatic heterocycles. The predicted octanol–water partition coefficient (Wildman–Crippen LogP) is 3.19. The number of aliphatic imine (C=N–C) groups is 1. The van der Waals surface area contributed by atoms with Crippen LogP contribution in [0.1, 0.15) is 35.7 Å². The van der Waals surface area contributed by atoms with E-state index in [1.807, 2.05) is 31.2 Å². The van der Waals surface area contributed by atoms with Gasteiger partial charge in [-0.3, -0.25) is 4.79 Å². The molecule has 1 heterocycles. The summed E-state index contributed by atoms with van der Waals surface area (Å²) in [7, 11) is 0. The van der Waals surface area contributed by atoms with E-state index in [0.29, 0.717) is 42.2 Å². The van der Waals surface area contributed by atoms with Gasteiger partial charge in [-0.1, -0.05) is 43.0 Å². The van der Waals surface area contributed by atoms with Crippen LogP contribution in [0, 0.1) is 0 Å². The molecule has 25 heavy (non-hydrogen) atoms.